The molecule has 0 unspecified atom stereocenters. The Morgan fingerprint density at radius 3 is 2.55 bits per heavy atom. The lowest BCUT2D eigenvalue weighted by Crippen LogP contribution is -2.47. The number of fused-ring (bicyclic) bond motifs is 1. The van der Waals surface area contributed by atoms with Crippen LogP contribution in [0.25, 0.3) is 10.9 Å². The third kappa shape index (κ3) is 4.42. The van der Waals surface area contributed by atoms with Crippen molar-refractivity contribution in [1.82, 2.24) is 9.71 Å². The highest BCUT2D eigenvalue weighted by atomic mass is 32.2. The molecule has 2 rings (SSSR count). The predicted octanol–water partition coefficient (Wildman–Crippen LogP) is 2.54. The summed E-state index contributed by atoms with van der Waals surface area (Å²) in [7, 11) is -3.24. The summed E-state index contributed by atoms with van der Waals surface area (Å²) in [5.74, 6) is 0. The maximum absolute atomic E-state index is 11.4. The van der Waals surface area contributed by atoms with Gasteiger partial charge in [0.1, 0.15) is 0 Å². The molecule has 0 radical (unpaired) electrons. The third-order valence-electron chi connectivity index (χ3n) is 3.31. The van der Waals surface area contributed by atoms with E-state index in [1.54, 1.807) is 0 Å². The van der Waals surface area contributed by atoms with Gasteiger partial charge in [0.25, 0.3) is 0 Å². The average molecular weight is 321 g/mol. The molecule has 22 heavy (non-hydrogen) atoms. The quantitative estimate of drug-likeness (QED) is 0.858. The maximum atomic E-state index is 11.4. The summed E-state index contributed by atoms with van der Waals surface area (Å²) in [6.07, 6.45) is 2.02. The second-order valence-corrected chi connectivity index (χ2v) is 7.89. The molecular formula is C16H23N3O2S. The van der Waals surface area contributed by atoms with Crippen LogP contribution in [0, 0.1) is 0 Å². The van der Waals surface area contributed by atoms with Crippen molar-refractivity contribution < 1.29 is 8.42 Å². The van der Waals surface area contributed by atoms with Gasteiger partial charge in [-0.1, -0.05) is 25.1 Å². The standard InChI is InChI=1S/C16H23N3O2S/c1-5-12-10-15(13-8-6-7-9-14(13)18-12)17-11-16(2,3)19-22(4,20)21/h6-10,19H,5,11H2,1-4H3,(H,17,18). The largest absolute Gasteiger partial charge is 0.383 e. The molecule has 1 aromatic carbocycles. The normalized spacial score (nSPS) is 12.5. The van der Waals surface area contributed by atoms with E-state index in [1.165, 1.54) is 6.26 Å². The van der Waals surface area contributed by atoms with Crippen molar-refractivity contribution in [1.29, 1.82) is 0 Å². The fraction of sp³-hybridized carbons (Fsp3) is 0.438. The third-order valence-corrected chi connectivity index (χ3v) is 4.24. The van der Waals surface area contributed by atoms with Crippen molar-refractivity contribution in [2.24, 2.45) is 0 Å². The molecule has 0 aliphatic heterocycles. The molecule has 5 nitrogen and oxygen atoms in total. The van der Waals surface area contributed by atoms with Crippen LogP contribution in [-0.2, 0) is 16.4 Å². The molecule has 0 saturated heterocycles. The van der Waals surface area contributed by atoms with Gasteiger partial charge in [-0.15, -0.1) is 0 Å². The number of benzene rings is 1. The summed E-state index contributed by atoms with van der Waals surface area (Å²) in [6, 6.07) is 9.97. The van der Waals surface area contributed by atoms with E-state index in [4.69, 9.17) is 0 Å². The van der Waals surface area contributed by atoms with Crippen molar-refractivity contribution in [3.8, 4) is 0 Å². The van der Waals surface area contributed by atoms with E-state index < -0.39 is 15.6 Å². The van der Waals surface area contributed by atoms with Crippen LogP contribution >= 0.6 is 0 Å². The topological polar surface area (TPSA) is 71.1 Å². The van der Waals surface area contributed by atoms with Gasteiger partial charge in [-0.3, -0.25) is 4.98 Å². The van der Waals surface area contributed by atoms with E-state index >= 15 is 0 Å². The van der Waals surface area contributed by atoms with E-state index in [0.717, 1.165) is 28.7 Å². The Morgan fingerprint density at radius 2 is 1.91 bits per heavy atom. The van der Waals surface area contributed by atoms with E-state index in [0.29, 0.717) is 6.54 Å². The summed E-state index contributed by atoms with van der Waals surface area (Å²) < 4.78 is 25.5. The van der Waals surface area contributed by atoms with Gasteiger partial charge in [0.05, 0.1) is 11.8 Å². The van der Waals surface area contributed by atoms with Crippen LogP contribution in [0.4, 0.5) is 5.69 Å². The van der Waals surface area contributed by atoms with Gasteiger partial charge in [0, 0.05) is 28.9 Å². The van der Waals surface area contributed by atoms with E-state index in [-0.39, 0.29) is 0 Å². The van der Waals surface area contributed by atoms with Crippen molar-refractivity contribution >= 4 is 26.6 Å². The molecule has 2 aromatic rings. The van der Waals surface area contributed by atoms with Crippen molar-refractivity contribution in [3.05, 3.63) is 36.0 Å². The summed E-state index contributed by atoms with van der Waals surface area (Å²) in [5.41, 5.74) is 2.35. The van der Waals surface area contributed by atoms with Crippen LogP contribution in [0.1, 0.15) is 26.5 Å². The number of hydrogen-bond donors (Lipinski definition) is 2. The number of aromatic nitrogens is 1. The Morgan fingerprint density at radius 1 is 1.23 bits per heavy atom. The summed E-state index contributed by atoms with van der Waals surface area (Å²) in [4.78, 5) is 4.61. The first-order chi connectivity index (χ1) is 10.2. The van der Waals surface area contributed by atoms with Gasteiger partial charge < -0.3 is 5.32 Å². The predicted molar refractivity (Wildman–Crippen MR) is 91.7 cm³/mol. The fourth-order valence-corrected chi connectivity index (χ4v) is 3.49. The number of rotatable bonds is 6. The summed E-state index contributed by atoms with van der Waals surface area (Å²) >= 11 is 0. The highest BCUT2D eigenvalue weighted by Crippen LogP contribution is 2.24. The van der Waals surface area contributed by atoms with Gasteiger partial charge >= 0.3 is 0 Å². The van der Waals surface area contributed by atoms with E-state index in [1.807, 2.05) is 44.2 Å². The first kappa shape index (κ1) is 16.7. The highest BCUT2D eigenvalue weighted by molar-refractivity contribution is 7.88. The number of aryl methyl sites for hydroxylation is 1. The molecule has 0 spiro atoms. The average Bonchev–Trinajstić information content (AvgIpc) is 2.42. The lowest BCUT2D eigenvalue weighted by molar-refractivity contribution is 0.476. The first-order valence-electron chi connectivity index (χ1n) is 7.32. The number of sulfonamides is 1. The SMILES string of the molecule is CCc1cc(NCC(C)(C)NS(C)(=O)=O)c2ccccc2n1. The number of para-hydroxylation sites is 1. The van der Waals surface area contributed by atoms with Crippen LogP contribution in [-0.4, -0.2) is 31.7 Å². The molecule has 0 aliphatic rings. The second kappa shape index (κ2) is 6.22. The van der Waals surface area contributed by atoms with Crippen molar-refractivity contribution in [2.45, 2.75) is 32.7 Å². The zero-order valence-electron chi connectivity index (χ0n) is 13.5. The monoisotopic (exact) mass is 321 g/mol. The summed E-state index contributed by atoms with van der Waals surface area (Å²) in [5, 5.41) is 4.40. The minimum absolute atomic E-state index is 0.483. The maximum Gasteiger partial charge on any atom is 0.209 e. The Kier molecular flexibility index (Phi) is 4.72. The molecule has 1 heterocycles. The Hall–Kier alpha value is -1.66. The smallest absolute Gasteiger partial charge is 0.209 e. The minimum atomic E-state index is -3.24. The van der Waals surface area contributed by atoms with Crippen LogP contribution in [0.15, 0.2) is 30.3 Å². The molecule has 0 bridgehead atoms. The van der Waals surface area contributed by atoms with E-state index in [2.05, 4.69) is 21.9 Å². The number of anilines is 1. The molecule has 0 aliphatic carbocycles. The molecule has 1 aromatic heterocycles. The van der Waals surface area contributed by atoms with Gasteiger partial charge in [0.15, 0.2) is 0 Å². The molecule has 6 heteroatoms. The van der Waals surface area contributed by atoms with Crippen molar-refractivity contribution in [2.75, 3.05) is 18.1 Å². The molecule has 120 valence electrons. The van der Waals surface area contributed by atoms with E-state index in [9.17, 15) is 8.42 Å². The molecule has 0 atom stereocenters. The van der Waals surface area contributed by atoms with Crippen LogP contribution in [0.5, 0.6) is 0 Å². The number of pyridine rings is 1. The van der Waals surface area contributed by atoms with Crippen molar-refractivity contribution in [3.63, 3.8) is 0 Å². The number of nitrogens with one attached hydrogen (secondary N) is 2. The first-order valence-corrected chi connectivity index (χ1v) is 9.21. The molecule has 0 amide bonds. The number of hydrogen-bond acceptors (Lipinski definition) is 4. The van der Waals surface area contributed by atoms with Gasteiger partial charge in [-0.05, 0) is 32.4 Å². The lowest BCUT2D eigenvalue weighted by atomic mass is 10.1. The molecule has 0 saturated carbocycles. The molecule has 2 N–H and O–H groups in total. The van der Waals surface area contributed by atoms with Crippen LogP contribution < -0.4 is 10.0 Å². The van der Waals surface area contributed by atoms with Crippen LogP contribution in [0.3, 0.4) is 0 Å². The minimum Gasteiger partial charge on any atom is -0.383 e. The lowest BCUT2D eigenvalue weighted by Gasteiger charge is -2.26. The Labute approximate surface area is 132 Å². The Bertz CT molecular complexity index is 770. The fourth-order valence-electron chi connectivity index (χ4n) is 2.41. The zero-order valence-corrected chi connectivity index (χ0v) is 14.3. The van der Waals surface area contributed by atoms with Gasteiger partial charge in [0.2, 0.25) is 10.0 Å². The van der Waals surface area contributed by atoms with Gasteiger partial charge in [-0.2, -0.15) is 0 Å². The number of nitrogens with zero attached hydrogens (tertiary/aromatic N) is 1. The van der Waals surface area contributed by atoms with Gasteiger partial charge in [-0.25, -0.2) is 13.1 Å². The second-order valence-electron chi connectivity index (χ2n) is 6.14. The van der Waals surface area contributed by atoms with Crippen LogP contribution in [0.2, 0.25) is 0 Å². The highest BCUT2D eigenvalue weighted by Gasteiger charge is 2.22. The molecule has 0 fully saturated rings. The zero-order chi connectivity index (χ0) is 16.4. The Balaban J connectivity index is 2.27. The summed E-state index contributed by atoms with van der Waals surface area (Å²) in [6.45, 7) is 6.25. The molecular weight excluding hydrogens is 298 g/mol.